The van der Waals surface area contributed by atoms with E-state index in [4.69, 9.17) is 5.84 Å². The molecule has 2 aromatic rings. The minimum absolute atomic E-state index is 0.239. The zero-order valence-corrected chi connectivity index (χ0v) is 11.4. The Balaban J connectivity index is 1.96. The van der Waals surface area contributed by atoms with Gasteiger partial charge in [0, 0.05) is 29.2 Å². The fraction of sp³-hybridized carbons (Fsp3) is 0.357. The summed E-state index contributed by atoms with van der Waals surface area (Å²) in [6.07, 6.45) is 4.79. The molecule has 2 rings (SSSR count). The first-order chi connectivity index (χ1) is 8.81. The Hall–Kier alpha value is -1.23. The maximum Gasteiger partial charge on any atom is 0.0419 e. The topological polar surface area (TPSA) is 50.9 Å². The van der Waals surface area contributed by atoms with Crippen LogP contribution in [-0.4, -0.2) is 11.0 Å². The van der Waals surface area contributed by atoms with Crippen LogP contribution in [0.4, 0.5) is 0 Å². The minimum atomic E-state index is 0.239. The van der Waals surface area contributed by atoms with Crippen LogP contribution in [0.15, 0.2) is 35.8 Å². The number of thiophene rings is 1. The van der Waals surface area contributed by atoms with Crippen molar-refractivity contribution in [3.8, 4) is 0 Å². The fourth-order valence-corrected chi connectivity index (χ4v) is 2.69. The summed E-state index contributed by atoms with van der Waals surface area (Å²) in [4.78, 5) is 5.82. The van der Waals surface area contributed by atoms with Crippen LogP contribution in [-0.2, 0) is 19.3 Å². The van der Waals surface area contributed by atoms with Crippen molar-refractivity contribution in [2.24, 2.45) is 5.84 Å². The van der Waals surface area contributed by atoms with E-state index in [0.29, 0.717) is 0 Å². The van der Waals surface area contributed by atoms with Crippen molar-refractivity contribution < 1.29 is 0 Å². The van der Waals surface area contributed by atoms with E-state index < -0.39 is 0 Å². The van der Waals surface area contributed by atoms with E-state index in [1.165, 1.54) is 10.4 Å². The van der Waals surface area contributed by atoms with Gasteiger partial charge >= 0.3 is 0 Å². The first-order valence-corrected chi connectivity index (χ1v) is 7.12. The number of rotatable bonds is 6. The molecule has 0 amide bonds. The van der Waals surface area contributed by atoms with Crippen LogP contribution in [0, 0.1) is 0 Å². The molecule has 3 nitrogen and oxygen atoms in total. The number of nitrogens with zero attached hydrogens (tertiary/aromatic N) is 1. The average Bonchev–Trinajstić information content (AvgIpc) is 2.91. The van der Waals surface area contributed by atoms with Gasteiger partial charge in [0.25, 0.3) is 0 Å². The van der Waals surface area contributed by atoms with Gasteiger partial charge in [0.2, 0.25) is 0 Å². The number of nitrogens with two attached hydrogens (primary N) is 1. The van der Waals surface area contributed by atoms with E-state index in [2.05, 4.69) is 47.0 Å². The molecular formula is C14H19N3S. The van der Waals surface area contributed by atoms with E-state index in [9.17, 15) is 0 Å². The molecule has 0 saturated heterocycles. The molecule has 0 saturated carbocycles. The molecule has 96 valence electrons. The largest absolute Gasteiger partial charge is 0.271 e. The fourth-order valence-electron chi connectivity index (χ4n) is 1.90. The third-order valence-corrected chi connectivity index (χ3v) is 3.91. The van der Waals surface area contributed by atoms with Gasteiger partial charge in [0.05, 0.1) is 0 Å². The predicted octanol–water partition coefficient (Wildman–Crippen LogP) is 2.32. The standard InChI is InChI=1S/C14H19N3S/c1-2-11-5-6-12(16-10-11)8-13(17-15)9-14-4-3-7-18-14/h3-7,10,13,17H,2,8-9,15H2,1H3. The van der Waals surface area contributed by atoms with Crippen molar-refractivity contribution in [3.63, 3.8) is 0 Å². The van der Waals surface area contributed by atoms with Gasteiger partial charge in [-0.25, -0.2) is 0 Å². The van der Waals surface area contributed by atoms with Gasteiger partial charge in [0.1, 0.15) is 0 Å². The van der Waals surface area contributed by atoms with Gasteiger partial charge in [-0.2, -0.15) is 0 Å². The molecular weight excluding hydrogens is 242 g/mol. The highest BCUT2D eigenvalue weighted by Crippen LogP contribution is 2.13. The SMILES string of the molecule is CCc1ccc(CC(Cc2cccs2)NN)nc1. The molecule has 0 aliphatic rings. The molecule has 4 heteroatoms. The molecule has 0 aromatic carbocycles. The predicted molar refractivity (Wildman–Crippen MR) is 76.5 cm³/mol. The monoisotopic (exact) mass is 261 g/mol. The van der Waals surface area contributed by atoms with Crippen LogP contribution >= 0.6 is 11.3 Å². The van der Waals surface area contributed by atoms with Crippen molar-refractivity contribution in [2.45, 2.75) is 32.2 Å². The first kappa shape index (κ1) is 13.2. The van der Waals surface area contributed by atoms with Crippen LogP contribution in [0.2, 0.25) is 0 Å². The molecule has 18 heavy (non-hydrogen) atoms. The Labute approximate surface area is 112 Å². The molecule has 0 aliphatic carbocycles. The molecule has 0 spiro atoms. The van der Waals surface area contributed by atoms with E-state index >= 15 is 0 Å². The lowest BCUT2D eigenvalue weighted by Crippen LogP contribution is -2.38. The summed E-state index contributed by atoms with van der Waals surface area (Å²) in [6, 6.07) is 8.69. The van der Waals surface area contributed by atoms with Crippen molar-refractivity contribution in [1.29, 1.82) is 0 Å². The summed E-state index contributed by atoms with van der Waals surface area (Å²) in [5.74, 6) is 5.62. The molecule has 0 aliphatic heterocycles. The lowest BCUT2D eigenvalue weighted by Gasteiger charge is -2.14. The number of hydrogen-bond donors (Lipinski definition) is 2. The van der Waals surface area contributed by atoms with Gasteiger partial charge in [0.15, 0.2) is 0 Å². The van der Waals surface area contributed by atoms with Crippen molar-refractivity contribution in [1.82, 2.24) is 10.4 Å². The molecule has 2 heterocycles. The zero-order valence-electron chi connectivity index (χ0n) is 10.6. The summed E-state index contributed by atoms with van der Waals surface area (Å²) in [7, 11) is 0. The lowest BCUT2D eigenvalue weighted by atomic mass is 10.1. The Morgan fingerprint density at radius 1 is 1.33 bits per heavy atom. The van der Waals surface area contributed by atoms with Crippen LogP contribution in [0.25, 0.3) is 0 Å². The number of aromatic nitrogens is 1. The molecule has 0 radical (unpaired) electrons. The third-order valence-electron chi connectivity index (χ3n) is 3.01. The summed E-state index contributed by atoms with van der Waals surface area (Å²) < 4.78 is 0. The van der Waals surface area contributed by atoms with Crippen LogP contribution in [0.3, 0.4) is 0 Å². The molecule has 2 aromatic heterocycles. The van der Waals surface area contributed by atoms with Gasteiger partial charge in [-0.15, -0.1) is 11.3 Å². The number of pyridine rings is 1. The summed E-state index contributed by atoms with van der Waals surface area (Å²) in [5, 5.41) is 2.09. The number of hydrogen-bond acceptors (Lipinski definition) is 4. The van der Waals surface area contributed by atoms with Crippen molar-refractivity contribution in [2.75, 3.05) is 0 Å². The minimum Gasteiger partial charge on any atom is -0.271 e. The van der Waals surface area contributed by atoms with Crippen LogP contribution in [0.5, 0.6) is 0 Å². The maximum absolute atomic E-state index is 5.62. The third kappa shape index (κ3) is 3.63. The van der Waals surface area contributed by atoms with Crippen LogP contribution in [0.1, 0.15) is 23.1 Å². The highest BCUT2D eigenvalue weighted by Gasteiger charge is 2.10. The van der Waals surface area contributed by atoms with Gasteiger partial charge < -0.3 is 0 Å². The number of aryl methyl sites for hydroxylation is 1. The Morgan fingerprint density at radius 3 is 2.78 bits per heavy atom. The van der Waals surface area contributed by atoms with Crippen LogP contribution < -0.4 is 11.3 Å². The van der Waals surface area contributed by atoms with Gasteiger partial charge in [-0.1, -0.05) is 19.1 Å². The van der Waals surface area contributed by atoms with Crippen molar-refractivity contribution in [3.05, 3.63) is 52.0 Å². The second-order valence-corrected chi connectivity index (χ2v) is 5.39. The Morgan fingerprint density at radius 2 is 2.22 bits per heavy atom. The van der Waals surface area contributed by atoms with E-state index in [1.54, 1.807) is 11.3 Å². The van der Waals surface area contributed by atoms with Gasteiger partial charge in [-0.3, -0.25) is 16.3 Å². The zero-order chi connectivity index (χ0) is 12.8. The van der Waals surface area contributed by atoms with Gasteiger partial charge in [-0.05, 0) is 35.9 Å². The first-order valence-electron chi connectivity index (χ1n) is 6.24. The molecule has 1 unspecified atom stereocenters. The summed E-state index contributed by atoms with van der Waals surface area (Å²) in [6.45, 7) is 2.14. The van der Waals surface area contributed by atoms with E-state index in [-0.39, 0.29) is 6.04 Å². The molecule has 0 bridgehead atoms. The summed E-state index contributed by atoms with van der Waals surface area (Å²) >= 11 is 1.77. The number of hydrazine groups is 1. The maximum atomic E-state index is 5.62. The molecule has 1 atom stereocenters. The Kier molecular flexibility index (Phi) is 4.87. The molecule has 0 fully saturated rings. The highest BCUT2D eigenvalue weighted by atomic mass is 32.1. The number of nitrogens with one attached hydrogen (secondary N) is 1. The van der Waals surface area contributed by atoms with E-state index in [1.807, 2.05) is 6.20 Å². The second-order valence-electron chi connectivity index (χ2n) is 4.36. The molecule has 3 N–H and O–H groups in total. The second kappa shape index (κ2) is 6.64. The quantitative estimate of drug-likeness (QED) is 0.620. The normalized spacial score (nSPS) is 12.6. The smallest absolute Gasteiger partial charge is 0.0419 e. The highest BCUT2D eigenvalue weighted by molar-refractivity contribution is 7.09. The average molecular weight is 261 g/mol. The Bertz CT molecular complexity index is 450. The van der Waals surface area contributed by atoms with E-state index in [0.717, 1.165) is 25.0 Å². The lowest BCUT2D eigenvalue weighted by molar-refractivity contribution is 0.520. The van der Waals surface area contributed by atoms with Crippen molar-refractivity contribution >= 4 is 11.3 Å². The summed E-state index contributed by atoms with van der Waals surface area (Å²) in [5.41, 5.74) is 5.25.